The fourth-order valence-electron chi connectivity index (χ4n) is 4.06. The molecule has 0 aliphatic carbocycles. The van der Waals surface area contributed by atoms with E-state index in [4.69, 9.17) is 0 Å². The van der Waals surface area contributed by atoms with Crippen molar-refractivity contribution in [3.8, 4) is 11.1 Å². The van der Waals surface area contributed by atoms with Crippen LogP contribution >= 0.6 is 0 Å². The molecular formula is C26H19NO. The van der Waals surface area contributed by atoms with E-state index in [0.717, 1.165) is 33.0 Å². The van der Waals surface area contributed by atoms with Crippen molar-refractivity contribution in [1.29, 1.82) is 0 Å². The van der Waals surface area contributed by atoms with E-state index in [1.54, 1.807) is 0 Å². The van der Waals surface area contributed by atoms with Gasteiger partial charge in [-0.15, -0.1) is 0 Å². The van der Waals surface area contributed by atoms with Crippen LogP contribution in [0.5, 0.6) is 0 Å². The van der Waals surface area contributed by atoms with Gasteiger partial charge < -0.3 is 4.57 Å². The molecular weight excluding hydrogens is 342 g/mol. The molecule has 0 amide bonds. The van der Waals surface area contributed by atoms with Crippen molar-refractivity contribution in [2.24, 2.45) is 7.05 Å². The maximum absolute atomic E-state index is 13.2. The van der Waals surface area contributed by atoms with E-state index in [9.17, 15) is 4.79 Å². The highest BCUT2D eigenvalue weighted by molar-refractivity contribution is 6.22. The van der Waals surface area contributed by atoms with Gasteiger partial charge in [0.05, 0.1) is 5.52 Å². The van der Waals surface area contributed by atoms with Crippen LogP contribution in [0.25, 0.3) is 32.8 Å². The molecule has 0 atom stereocenters. The molecule has 0 unspecified atom stereocenters. The van der Waals surface area contributed by atoms with Gasteiger partial charge in [-0.3, -0.25) is 4.79 Å². The summed E-state index contributed by atoms with van der Waals surface area (Å²) in [6, 6.07) is 30.5. The highest BCUT2D eigenvalue weighted by Crippen LogP contribution is 2.37. The number of rotatable bonds is 3. The molecule has 2 nitrogen and oxygen atoms in total. The standard InChI is InChI=1S/C26H19NO/c1-27-17-24(26(28)19-12-6-3-7-13-19)23-16-22(18-10-4-2-5-11-18)20-14-8-9-15-21(20)25(23)27/h2-17H,1H3. The number of nitrogens with zero attached hydrogens (tertiary/aromatic N) is 1. The average Bonchev–Trinajstić information content (AvgIpc) is 3.10. The monoisotopic (exact) mass is 361 g/mol. The van der Waals surface area contributed by atoms with Crippen molar-refractivity contribution in [1.82, 2.24) is 4.57 Å². The highest BCUT2D eigenvalue weighted by Gasteiger charge is 2.19. The Morgan fingerprint density at radius 3 is 2.04 bits per heavy atom. The Balaban J connectivity index is 1.86. The highest BCUT2D eigenvalue weighted by atomic mass is 16.1. The quantitative estimate of drug-likeness (QED) is 0.349. The second-order valence-corrected chi connectivity index (χ2v) is 7.08. The van der Waals surface area contributed by atoms with Gasteiger partial charge in [0.25, 0.3) is 0 Å². The van der Waals surface area contributed by atoms with Crippen LogP contribution in [-0.4, -0.2) is 10.4 Å². The van der Waals surface area contributed by atoms with Crippen LogP contribution in [0, 0.1) is 0 Å². The lowest BCUT2D eigenvalue weighted by Gasteiger charge is -2.10. The molecule has 2 heteroatoms. The van der Waals surface area contributed by atoms with Gasteiger partial charge in [-0.25, -0.2) is 0 Å². The molecule has 0 N–H and O–H groups in total. The molecule has 134 valence electrons. The summed E-state index contributed by atoms with van der Waals surface area (Å²) >= 11 is 0. The van der Waals surface area contributed by atoms with Crippen molar-refractivity contribution in [3.05, 3.63) is 108 Å². The molecule has 0 radical (unpaired) electrons. The van der Waals surface area contributed by atoms with Gasteiger partial charge in [-0.2, -0.15) is 0 Å². The molecule has 0 saturated carbocycles. The van der Waals surface area contributed by atoms with Gasteiger partial charge in [-0.05, 0) is 22.6 Å². The summed E-state index contributed by atoms with van der Waals surface area (Å²) in [6.45, 7) is 0. The van der Waals surface area contributed by atoms with E-state index in [-0.39, 0.29) is 5.78 Å². The normalized spacial score (nSPS) is 11.2. The molecule has 0 fully saturated rings. The van der Waals surface area contributed by atoms with Gasteiger partial charge in [0.2, 0.25) is 0 Å². The summed E-state index contributed by atoms with van der Waals surface area (Å²) in [5.74, 6) is 0.0560. The lowest BCUT2D eigenvalue weighted by Crippen LogP contribution is -2.00. The van der Waals surface area contributed by atoms with Gasteiger partial charge in [0.15, 0.2) is 5.78 Å². The number of ketones is 1. The number of carbonyl (C=O) groups excluding carboxylic acids is 1. The predicted molar refractivity (Wildman–Crippen MR) is 116 cm³/mol. The first-order chi connectivity index (χ1) is 13.7. The zero-order valence-corrected chi connectivity index (χ0v) is 15.6. The fraction of sp³-hybridized carbons (Fsp3) is 0.0385. The lowest BCUT2D eigenvalue weighted by atomic mass is 9.93. The number of aryl methyl sites for hydroxylation is 1. The predicted octanol–water partition coefficient (Wildman–Crippen LogP) is 6.23. The van der Waals surface area contributed by atoms with E-state index in [0.29, 0.717) is 5.56 Å². The number of hydrogen-bond acceptors (Lipinski definition) is 1. The van der Waals surface area contributed by atoms with Crippen LogP contribution in [0.1, 0.15) is 15.9 Å². The molecule has 1 aromatic heterocycles. The van der Waals surface area contributed by atoms with Gasteiger partial charge >= 0.3 is 0 Å². The van der Waals surface area contributed by atoms with Gasteiger partial charge in [0.1, 0.15) is 0 Å². The maximum Gasteiger partial charge on any atom is 0.195 e. The molecule has 0 bridgehead atoms. The van der Waals surface area contributed by atoms with E-state index >= 15 is 0 Å². The summed E-state index contributed by atoms with van der Waals surface area (Å²) in [7, 11) is 2.01. The zero-order valence-electron chi connectivity index (χ0n) is 15.6. The Hall–Kier alpha value is -3.65. The number of aromatic nitrogens is 1. The van der Waals surface area contributed by atoms with Crippen molar-refractivity contribution >= 4 is 27.5 Å². The minimum absolute atomic E-state index is 0.0560. The Bertz CT molecular complexity index is 1310. The summed E-state index contributed by atoms with van der Waals surface area (Å²) in [4.78, 5) is 13.2. The second kappa shape index (κ2) is 6.50. The van der Waals surface area contributed by atoms with E-state index in [1.807, 2.05) is 49.6 Å². The van der Waals surface area contributed by atoms with E-state index in [2.05, 4.69) is 59.2 Å². The number of hydrogen-bond donors (Lipinski definition) is 0. The Kier molecular flexibility index (Phi) is 3.84. The first-order valence-electron chi connectivity index (χ1n) is 9.40. The molecule has 0 spiro atoms. The van der Waals surface area contributed by atoms with Crippen molar-refractivity contribution in [2.45, 2.75) is 0 Å². The Morgan fingerprint density at radius 2 is 1.32 bits per heavy atom. The molecule has 0 aliphatic heterocycles. The average molecular weight is 361 g/mol. The van der Waals surface area contributed by atoms with Crippen LogP contribution in [0.3, 0.4) is 0 Å². The molecule has 5 aromatic rings. The molecule has 5 rings (SSSR count). The van der Waals surface area contributed by atoms with Crippen molar-refractivity contribution < 1.29 is 4.79 Å². The third-order valence-corrected chi connectivity index (χ3v) is 5.35. The van der Waals surface area contributed by atoms with Crippen LogP contribution in [0.15, 0.2) is 97.2 Å². The Labute approximate surface area is 163 Å². The summed E-state index contributed by atoms with van der Waals surface area (Å²) in [5.41, 5.74) is 4.85. The van der Waals surface area contributed by atoms with Crippen LogP contribution in [0.4, 0.5) is 0 Å². The second-order valence-electron chi connectivity index (χ2n) is 7.08. The molecule has 4 aromatic carbocycles. The summed E-state index contributed by atoms with van der Waals surface area (Å²) < 4.78 is 2.07. The molecule has 0 saturated heterocycles. The smallest absolute Gasteiger partial charge is 0.195 e. The van der Waals surface area contributed by atoms with Gasteiger partial charge in [0, 0.05) is 35.1 Å². The van der Waals surface area contributed by atoms with E-state index < -0.39 is 0 Å². The Morgan fingerprint density at radius 1 is 0.714 bits per heavy atom. The SMILES string of the molecule is Cn1cc(C(=O)c2ccccc2)c2cc(-c3ccccc3)c3ccccc3c21. The first kappa shape index (κ1) is 16.5. The van der Waals surface area contributed by atoms with Crippen LogP contribution in [0.2, 0.25) is 0 Å². The topological polar surface area (TPSA) is 22.0 Å². The molecule has 28 heavy (non-hydrogen) atoms. The molecule has 1 heterocycles. The lowest BCUT2D eigenvalue weighted by molar-refractivity contribution is 0.104. The summed E-state index contributed by atoms with van der Waals surface area (Å²) in [6.07, 6.45) is 1.96. The van der Waals surface area contributed by atoms with Crippen molar-refractivity contribution in [3.63, 3.8) is 0 Å². The molecule has 0 aliphatic rings. The first-order valence-corrected chi connectivity index (χ1v) is 9.40. The summed E-state index contributed by atoms with van der Waals surface area (Å²) in [5, 5.41) is 3.35. The third-order valence-electron chi connectivity index (χ3n) is 5.35. The number of benzene rings is 4. The maximum atomic E-state index is 13.2. The van der Waals surface area contributed by atoms with Gasteiger partial charge in [-0.1, -0.05) is 84.9 Å². The minimum Gasteiger partial charge on any atom is -0.349 e. The fourth-order valence-corrected chi connectivity index (χ4v) is 4.06. The zero-order chi connectivity index (χ0) is 19.1. The number of fused-ring (bicyclic) bond motifs is 3. The van der Waals surface area contributed by atoms with E-state index in [1.165, 1.54) is 5.39 Å². The van der Waals surface area contributed by atoms with Crippen molar-refractivity contribution in [2.75, 3.05) is 0 Å². The van der Waals surface area contributed by atoms with Crippen LogP contribution in [-0.2, 0) is 7.05 Å². The number of carbonyl (C=O) groups is 1. The van der Waals surface area contributed by atoms with Crippen LogP contribution < -0.4 is 0 Å². The minimum atomic E-state index is 0.0560. The largest absolute Gasteiger partial charge is 0.349 e. The third kappa shape index (κ3) is 2.54.